The second-order valence-electron chi connectivity index (χ2n) is 2.51. The van der Waals surface area contributed by atoms with Gasteiger partial charge in [-0.25, -0.2) is 18.5 Å². The predicted octanol–water partition coefficient (Wildman–Crippen LogP) is -1.09. The van der Waals surface area contributed by atoms with Crippen molar-refractivity contribution in [2.24, 2.45) is 0 Å². The zero-order valence-electron chi connectivity index (χ0n) is 5.87. The van der Waals surface area contributed by atoms with Crippen molar-refractivity contribution < 1.29 is 8.42 Å². The summed E-state index contributed by atoms with van der Waals surface area (Å²) in [5, 5.41) is 4.02. The molecule has 0 aromatic carbocycles. The van der Waals surface area contributed by atoms with Crippen LogP contribution in [0.4, 0.5) is 0 Å². The lowest BCUT2D eigenvalue weighted by Gasteiger charge is -2.06. The Morgan fingerprint density at radius 1 is 1.60 bits per heavy atom. The molecule has 1 radical (unpaired) electrons. The van der Waals surface area contributed by atoms with Gasteiger partial charge >= 0.3 is 0 Å². The summed E-state index contributed by atoms with van der Waals surface area (Å²) in [4.78, 5) is 0. The first-order valence-electron chi connectivity index (χ1n) is 3.18. The van der Waals surface area contributed by atoms with E-state index in [0.29, 0.717) is 6.54 Å². The molecule has 1 unspecified atom stereocenters. The minimum absolute atomic E-state index is 0.0509. The summed E-state index contributed by atoms with van der Waals surface area (Å²) in [6.45, 7) is 1.42. The molecule has 0 aliphatic carbocycles. The molecule has 1 fully saturated rings. The van der Waals surface area contributed by atoms with Crippen LogP contribution in [0.25, 0.3) is 0 Å². The van der Waals surface area contributed by atoms with Crippen LogP contribution in [0.2, 0.25) is 0 Å². The van der Waals surface area contributed by atoms with Crippen molar-refractivity contribution in [3.05, 3.63) is 0 Å². The Bertz CT molecular complexity index is 194. The molecule has 1 saturated heterocycles. The lowest BCUT2D eigenvalue weighted by Crippen LogP contribution is -2.34. The maximum Gasteiger partial charge on any atom is 0.208 e. The third-order valence-corrected chi connectivity index (χ3v) is 2.13. The third kappa shape index (κ3) is 2.64. The SMILES string of the molecule is CS(=O)(=O)NC1CC[N]C1. The summed E-state index contributed by atoms with van der Waals surface area (Å²) in [7, 11) is -3.02. The monoisotopic (exact) mass is 163 g/mol. The van der Waals surface area contributed by atoms with E-state index in [1.165, 1.54) is 6.26 Å². The van der Waals surface area contributed by atoms with Crippen LogP contribution < -0.4 is 10.0 Å². The molecule has 0 amide bonds. The van der Waals surface area contributed by atoms with Gasteiger partial charge in [-0.05, 0) is 6.42 Å². The molecule has 4 nitrogen and oxygen atoms in total. The number of hydrogen-bond donors (Lipinski definition) is 1. The Balaban J connectivity index is 2.38. The molecule has 1 rings (SSSR count). The first-order chi connectivity index (χ1) is 4.58. The summed E-state index contributed by atoms with van der Waals surface area (Å²) < 4.78 is 23.8. The summed E-state index contributed by atoms with van der Waals surface area (Å²) in [6.07, 6.45) is 2.01. The van der Waals surface area contributed by atoms with Crippen molar-refractivity contribution >= 4 is 10.0 Å². The zero-order chi connectivity index (χ0) is 7.61. The van der Waals surface area contributed by atoms with E-state index in [0.717, 1.165) is 13.0 Å². The molecule has 59 valence electrons. The van der Waals surface area contributed by atoms with Crippen LogP contribution >= 0.6 is 0 Å². The van der Waals surface area contributed by atoms with E-state index in [-0.39, 0.29) is 6.04 Å². The van der Waals surface area contributed by atoms with E-state index >= 15 is 0 Å². The van der Waals surface area contributed by atoms with Crippen LogP contribution in [0.1, 0.15) is 6.42 Å². The van der Waals surface area contributed by atoms with E-state index in [2.05, 4.69) is 10.0 Å². The molecule has 5 heteroatoms. The zero-order valence-corrected chi connectivity index (χ0v) is 6.69. The summed E-state index contributed by atoms with van der Waals surface area (Å²) >= 11 is 0. The Morgan fingerprint density at radius 2 is 2.30 bits per heavy atom. The quantitative estimate of drug-likeness (QED) is 0.562. The van der Waals surface area contributed by atoms with Crippen LogP contribution in [0.15, 0.2) is 0 Å². The van der Waals surface area contributed by atoms with Crippen molar-refractivity contribution in [3.8, 4) is 0 Å². The highest BCUT2D eigenvalue weighted by Gasteiger charge is 2.18. The van der Waals surface area contributed by atoms with Gasteiger partial charge in [0.25, 0.3) is 0 Å². The Hall–Kier alpha value is -0.130. The highest BCUT2D eigenvalue weighted by atomic mass is 32.2. The summed E-state index contributed by atoms with van der Waals surface area (Å²) in [6, 6.07) is 0.0509. The fourth-order valence-electron chi connectivity index (χ4n) is 0.984. The molecular formula is C5H11N2O2S. The van der Waals surface area contributed by atoms with Crippen LogP contribution in [0, 0.1) is 0 Å². The van der Waals surface area contributed by atoms with Gasteiger partial charge in [-0.3, -0.25) is 0 Å². The molecule has 0 aromatic rings. The predicted molar refractivity (Wildman–Crippen MR) is 38.3 cm³/mol. The number of nitrogens with zero attached hydrogens (tertiary/aromatic N) is 1. The molecule has 1 aliphatic heterocycles. The number of nitrogens with one attached hydrogen (secondary N) is 1. The van der Waals surface area contributed by atoms with E-state index in [1.54, 1.807) is 0 Å². The number of hydrogen-bond acceptors (Lipinski definition) is 2. The van der Waals surface area contributed by atoms with E-state index < -0.39 is 10.0 Å². The third-order valence-electron chi connectivity index (χ3n) is 1.37. The first kappa shape index (κ1) is 7.97. The van der Waals surface area contributed by atoms with Gasteiger partial charge in [0.15, 0.2) is 0 Å². The normalized spacial score (nSPS) is 27.1. The van der Waals surface area contributed by atoms with E-state index in [1.807, 2.05) is 0 Å². The molecule has 1 atom stereocenters. The van der Waals surface area contributed by atoms with Crippen molar-refractivity contribution in [2.45, 2.75) is 12.5 Å². The lowest BCUT2D eigenvalue weighted by atomic mass is 10.3. The Labute approximate surface area is 61.1 Å². The molecule has 0 bridgehead atoms. The van der Waals surface area contributed by atoms with Gasteiger partial charge in [0, 0.05) is 19.1 Å². The smallest absolute Gasteiger partial charge is 0.208 e. The average Bonchev–Trinajstić information content (AvgIpc) is 2.12. The average molecular weight is 163 g/mol. The van der Waals surface area contributed by atoms with Crippen LogP contribution in [0.5, 0.6) is 0 Å². The largest absolute Gasteiger partial charge is 0.240 e. The molecule has 0 aromatic heterocycles. The molecule has 0 saturated carbocycles. The summed E-state index contributed by atoms with van der Waals surface area (Å²) in [5.74, 6) is 0. The molecule has 1 aliphatic rings. The molecule has 1 N–H and O–H groups in total. The highest BCUT2D eigenvalue weighted by Crippen LogP contribution is 1.99. The number of rotatable bonds is 2. The summed E-state index contributed by atoms with van der Waals surface area (Å²) in [5.41, 5.74) is 0. The van der Waals surface area contributed by atoms with Crippen LogP contribution in [-0.4, -0.2) is 33.8 Å². The highest BCUT2D eigenvalue weighted by molar-refractivity contribution is 7.88. The fraction of sp³-hybridized carbons (Fsp3) is 1.00. The van der Waals surface area contributed by atoms with Gasteiger partial charge in [-0.15, -0.1) is 0 Å². The topological polar surface area (TPSA) is 60.3 Å². The van der Waals surface area contributed by atoms with Crippen molar-refractivity contribution in [1.82, 2.24) is 10.0 Å². The standard InChI is InChI=1S/C5H11N2O2S/c1-10(8,9)7-5-2-3-6-4-5/h5,7H,2-4H2,1H3. The molecule has 1 heterocycles. The van der Waals surface area contributed by atoms with Gasteiger partial charge in [-0.1, -0.05) is 0 Å². The van der Waals surface area contributed by atoms with Gasteiger partial charge in [-0.2, -0.15) is 0 Å². The minimum atomic E-state index is -3.02. The van der Waals surface area contributed by atoms with Crippen LogP contribution in [0.3, 0.4) is 0 Å². The van der Waals surface area contributed by atoms with Gasteiger partial charge in [0.05, 0.1) is 6.26 Å². The molecule has 0 spiro atoms. The van der Waals surface area contributed by atoms with Gasteiger partial charge in [0.2, 0.25) is 10.0 Å². The van der Waals surface area contributed by atoms with Crippen LogP contribution in [-0.2, 0) is 10.0 Å². The Morgan fingerprint density at radius 3 is 2.70 bits per heavy atom. The van der Waals surface area contributed by atoms with Gasteiger partial charge < -0.3 is 0 Å². The molecular weight excluding hydrogens is 152 g/mol. The first-order valence-corrected chi connectivity index (χ1v) is 5.07. The fourth-order valence-corrected chi connectivity index (χ4v) is 1.78. The van der Waals surface area contributed by atoms with E-state index in [4.69, 9.17) is 0 Å². The van der Waals surface area contributed by atoms with Crippen molar-refractivity contribution in [3.63, 3.8) is 0 Å². The van der Waals surface area contributed by atoms with Crippen molar-refractivity contribution in [1.29, 1.82) is 0 Å². The maximum absolute atomic E-state index is 10.6. The van der Waals surface area contributed by atoms with E-state index in [9.17, 15) is 8.42 Å². The molecule has 10 heavy (non-hydrogen) atoms. The van der Waals surface area contributed by atoms with Crippen molar-refractivity contribution in [2.75, 3.05) is 19.3 Å². The second-order valence-corrected chi connectivity index (χ2v) is 4.29. The second kappa shape index (κ2) is 2.86. The number of sulfonamides is 1. The Kier molecular flexibility index (Phi) is 2.28. The minimum Gasteiger partial charge on any atom is -0.240 e. The van der Waals surface area contributed by atoms with Gasteiger partial charge in [0.1, 0.15) is 0 Å². The lowest BCUT2D eigenvalue weighted by molar-refractivity contribution is 0.566. The maximum atomic E-state index is 10.6.